The number of fused-ring (bicyclic) bond motifs is 1. The van der Waals surface area contributed by atoms with E-state index in [1.807, 2.05) is 60.8 Å². The van der Waals surface area contributed by atoms with Gasteiger partial charge in [-0.3, -0.25) is 9.59 Å². The van der Waals surface area contributed by atoms with Crippen LogP contribution >= 0.6 is 0 Å². The number of hydrogen-bond acceptors (Lipinski definition) is 2. The molecule has 0 spiro atoms. The van der Waals surface area contributed by atoms with Crippen molar-refractivity contribution in [1.29, 1.82) is 0 Å². The number of rotatable bonds is 6. The number of nitrogens with one attached hydrogen (secondary N) is 1. The smallest absolute Gasteiger partial charge is 0.323 e. The number of aromatic nitrogens is 1. The third-order valence-electron chi connectivity index (χ3n) is 3.91. The van der Waals surface area contributed by atoms with Crippen molar-refractivity contribution in [2.75, 3.05) is 6.54 Å². The van der Waals surface area contributed by atoms with Crippen molar-refractivity contribution in [3.05, 3.63) is 71.9 Å². The molecule has 1 aromatic heterocycles. The van der Waals surface area contributed by atoms with Gasteiger partial charge in [0.25, 0.3) is 0 Å². The van der Waals surface area contributed by atoms with E-state index in [2.05, 4.69) is 4.98 Å². The lowest BCUT2D eigenvalue weighted by Crippen LogP contribution is -2.36. The number of para-hydroxylation sites is 1. The molecule has 0 saturated heterocycles. The third kappa shape index (κ3) is 3.63. The Hall–Kier alpha value is -3.08. The quantitative estimate of drug-likeness (QED) is 0.733. The molecule has 0 aliphatic rings. The van der Waals surface area contributed by atoms with Crippen LogP contribution in [-0.2, 0) is 22.6 Å². The molecule has 0 unspecified atom stereocenters. The molecule has 5 heteroatoms. The summed E-state index contributed by atoms with van der Waals surface area (Å²) in [5.41, 5.74) is 2.75. The van der Waals surface area contributed by atoms with Gasteiger partial charge in [0.15, 0.2) is 0 Å². The van der Waals surface area contributed by atoms with Crippen LogP contribution in [0.5, 0.6) is 0 Å². The fourth-order valence-electron chi connectivity index (χ4n) is 2.75. The van der Waals surface area contributed by atoms with E-state index >= 15 is 0 Å². The van der Waals surface area contributed by atoms with E-state index in [1.54, 1.807) is 0 Å². The van der Waals surface area contributed by atoms with Gasteiger partial charge in [-0.15, -0.1) is 0 Å². The molecule has 24 heavy (non-hydrogen) atoms. The van der Waals surface area contributed by atoms with E-state index in [0.717, 1.165) is 22.0 Å². The first-order valence-electron chi connectivity index (χ1n) is 7.72. The van der Waals surface area contributed by atoms with Crippen LogP contribution in [-0.4, -0.2) is 33.4 Å². The van der Waals surface area contributed by atoms with Crippen LogP contribution in [0.1, 0.15) is 11.1 Å². The summed E-state index contributed by atoms with van der Waals surface area (Å²) in [6.45, 7) is -0.0234. The summed E-state index contributed by atoms with van der Waals surface area (Å²) in [4.78, 5) is 28.3. The Balaban J connectivity index is 1.79. The molecule has 3 rings (SSSR count). The minimum Gasteiger partial charge on any atom is -0.480 e. The molecule has 0 aliphatic carbocycles. The molecule has 1 heterocycles. The zero-order chi connectivity index (χ0) is 16.9. The zero-order valence-electron chi connectivity index (χ0n) is 13.1. The molecule has 0 radical (unpaired) electrons. The highest BCUT2D eigenvalue weighted by atomic mass is 16.4. The number of aromatic amines is 1. The van der Waals surface area contributed by atoms with Gasteiger partial charge in [0.2, 0.25) is 5.91 Å². The normalized spacial score (nSPS) is 10.7. The summed E-state index contributed by atoms with van der Waals surface area (Å²) in [5, 5.41) is 10.1. The van der Waals surface area contributed by atoms with Gasteiger partial charge in [0, 0.05) is 23.6 Å². The Morgan fingerprint density at radius 2 is 1.71 bits per heavy atom. The van der Waals surface area contributed by atoms with Gasteiger partial charge in [-0.1, -0.05) is 48.5 Å². The molecular formula is C19H18N2O3. The number of aliphatic carboxylic acids is 1. The minimum atomic E-state index is -1.02. The monoisotopic (exact) mass is 322 g/mol. The van der Waals surface area contributed by atoms with Crippen molar-refractivity contribution in [1.82, 2.24) is 9.88 Å². The summed E-state index contributed by atoms with van der Waals surface area (Å²) in [6.07, 6.45) is 1.98. The molecule has 0 atom stereocenters. The maximum absolute atomic E-state index is 12.6. The molecule has 0 fully saturated rings. The summed E-state index contributed by atoms with van der Waals surface area (Å²) < 4.78 is 0. The van der Waals surface area contributed by atoms with Gasteiger partial charge in [0.05, 0.1) is 6.42 Å². The van der Waals surface area contributed by atoms with Crippen LogP contribution in [0, 0.1) is 0 Å². The maximum Gasteiger partial charge on any atom is 0.323 e. The predicted molar refractivity (Wildman–Crippen MR) is 91.5 cm³/mol. The van der Waals surface area contributed by atoms with E-state index in [-0.39, 0.29) is 25.4 Å². The topological polar surface area (TPSA) is 73.4 Å². The number of carbonyl (C=O) groups excluding carboxylic acids is 1. The summed E-state index contributed by atoms with van der Waals surface area (Å²) in [6, 6.07) is 17.1. The van der Waals surface area contributed by atoms with Crippen molar-refractivity contribution in [2.24, 2.45) is 0 Å². The van der Waals surface area contributed by atoms with E-state index in [4.69, 9.17) is 5.11 Å². The molecule has 0 aliphatic heterocycles. The van der Waals surface area contributed by atoms with Gasteiger partial charge >= 0.3 is 5.97 Å². The van der Waals surface area contributed by atoms with Crippen LogP contribution in [0.4, 0.5) is 0 Å². The van der Waals surface area contributed by atoms with Crippen LogP contribution in [0.15, 0.2) is 60.8 Å². The number of amides is 1. The van der Waals surface area contributed by atoms with Crippen LogP contribution in [0.3, 0.4) is 0 Å². The lowest BCUT2D eigenvalue weighted by atomic mass is 10.1. The van der Waals surface area contributed by atoms with Gasteiger partial charge < -0.3 is 15.0 Å². The highest BCUT2D eigenvalue weighted by Gasteiger charge is 2.19. The molecule has 2 aromatic carbocycles. The van der Waals surface area contributed by atoms with E-state index in [1.165, 1.54) is 4.90 Å². The Bertz CT molecular complexity index is 855. The van der Waals surface area contributed by atoms with Crippen LogP contribution in [0.25, 0.3) is 10.9 Å². The third-order valence-corrected chi connectivity index (χ3v) is 3.91. The second kappa shape index (κ2) is 7.00. The van der Waals surface area contributed by atoms with Crippen molar-refractivity contribution >= 4 is 22.8 Å². The Kier molecular flexibility index (Phi) is 4.61. The summed E-state index contributed by atoms with van der Waals surface area (Å²) in [7, 11) is 0. The van der Waals surface area contributed by atoms with E-state index in [0.29, 0.717) is 0 Å². The Morgan fingerprint density at radius 1 is 1.00 bits per heavy atom. The van der Waals surface area contributed by atoms with Crippen molar-refractivity contribution in [3.63, 3.8) is 0 Å². The molecule has 3 aromatic rings. The molecule has 2 N–H and O–H groups in total. The van der Waals surface area contributed by atoms with Crippen molar-refractivity contribution in [3.8, 4) is 0 Å². The van der Waals surface area contributed by atoms with E-state index < -0.39 is 5.97 Å². The van der Waals surface area contributed by atoms with Crippen molar-refractivity contribution < 1.29 is 14.7 Å². The highest BCUT2D eigenvalue weighted by Crippen LogP contribution is 2.19. The van der Waals surface area contributed by atoms with Gasteiger partial charge in [-0.25, -0.2) is 0 Å². The van der Waals surface area contributed by atoms with Crippen molar-refractivity contribution in [2.45, 2.75) is 13.0 Å². The molecular weight excluding hydrogens is 304 g/mol. The number of hydrogen-bond donors (Lipinski definition) is 2. The number of carboxylic acid groups (broad SMARTS) is 1. The SMILES string of the molecule is O=C(O)CN(Cc1ccccc1)C(=O)Cc1c[nH]c2ccccc12. The van der Waals surface area contributed by atoms with Gasteiger partial charge in [-0.2, -0.15) is 0 Å². The number of nitrogens with zero attached hydrogens (tertiary/aromatic N) is 1. The van der Waals surface area contributed by atoms with E-state index in [9.17, 15) is 9.59 Å². The first-order valence-corrected chi connectivity index (χ1v) is 7.72. The van der Waals surface area contributed by atoms with Gasteiger partial charge in [0.1, 0.15) is 6.54 Å². The first kappa shape index (κ1) is 15.8. The fraction of sp³-hybridized carbons (Fsp3) is 0.158. The molecule has 0 bridgehead atoms. The molecule has 1 amide bonds. The summed E-state index contributed by atoms with van der Waals surface area (Å²) in [5.74, 6) is -1.22. The number of H-pyrrole nitrogens is 1. The maximum atomic E-state index is 12.6. The number of carboxylic acids is 1. The second-order valence-electron chi connectivity index (χ2n) is 5.67. The van der Waals surface area contributed by atoms with Gasteiger partial charge in [-0.05, 0) is 17.2 Å². The average Bonchev–Trinajstić information content (AvgIpc) is 2.98. The highest BCUT2D eigenvalue weighted by molar-refractivity contribution is 5.90. The summed E-state index contributed by atoms with van der Waals surface area (Å²) >= 11 is 0. The predicted octanol–water partition coefficient (Wildman–Crippen LogP) is 2.82. The Morgan fingerprint density at radius 3 is 2.46 bits per heavy atom. The van der Waals surface area contributed by atoms with Crippen LogP contribution in [0.2, 0.25) is 0 Å². The second-order valence-corrected chi connectivity index (χ2v) is 5.67. The largest absolute Gasteiger partial charge is 0.480 e. The number of carbonyl (C=O) groups is 2. The molecule has 5 nitrogen and oxygen atoms in total. The average molecular weight is 322 g/mol. The molecule has 122 valence electrons. The minimum absolute atomic E-state index is 0.171. The standard InChI is InChI=1S/C19H18N2O3/c22-18(10-15-11-20-17-9-5-4-8-16(15)17)21(13-19(23)24)12-14-6-2-1-3-7-14/h1-9,11,20H,10,12-13H2,(H,23,24). The lowest BCUT2D eigenvalue weighted by Gasteiger charge is -2.20. The zero-order valence-corrected chi connectivity index (χ0v) is 13.1. The van der Waals surface area contributed by atoms with Crippen LogP contribution < -0.4 is 0 Å². The first-order chi connectivity index (χ1) is 11.6. The fourth-order valence-corrected chi connectivity index (χ4v) is 2.75. The Labute approximate surface area is 139 Å². The lowest BCUT2D eigenvalue weighted by molar-refractivity contribution is -0.144. The number of benzene rings is 2. The molecule has 0 saturated carbocycles.